The first-order valence-corrected chi connectivity index (χ1v) is 12.1. The lowest BCUT2D eigenvalue weighted by atomic mass is 10.1. The Morgan fingerprint density at radius 2 is 1.75 bits per heavy atom. The number of carbonyl (C=O) groups is 1. The number of benzene rings is 2. The molecule has 2 aromatic carbocycles. The first kappa shape index (κ1) is 22.2. The third-order valence-electron chi connectivity index (χ3n) is 6.48. The number of hydrogen-bond donors (Lipinski definition) is 2. The monoisotopic (exact) mass is 499 g/mol. The van der Waals surface area contributed by atoms with Crippen molar-refractivity contribution in [3.8, 4) is 5.69 Å². The molecule has 1 aliphatic rings. The second-order valence-corrected chi connectivity index (χ2v) is 9.20. The molecule has 10 heteroatoms. The minimum absolute atomic E-state index is 0.0814. The second-order valence-electron chi connectivity index (χ2n) is 8.79. The van der Waals surface area contributed by atoms with Gasteiger partial charge in [0.25, 0.3) is 5.56 Å². The standard InChI is InChI=1S/C26H22ClN7O2/c27-20-7-3-4-8-21(20)34-24(36)19-15-29-25(32-22(19)33-14-13-28-26(33)34)31-18-11-9-17(10-12-18)30-23(35)16-5-1-2-6-16/h3-4,7-16H,1-2,5-6H2,(H,30,35)(H,29,31,32). The molecular formula is C26H22ClN7O2. The predicted octanol–water partition coefficient (Wildman–Crippen LogP) is 4.95. The zero-order valence-corrected chi connectivity index (χ0v) is 19.9. The van der Waals surface area contributed by atoms with E-state index in [0.717, 1.165) is 37.1 Å². The number of halogens is 1. The summed E-state index contributed by atoms with van der Waals surface area (Å²) in [7, 11) is 0. The molecule has 0 atom stereocenters. The van der Waals surface area contributed by atoms with Gasteiger partial charge in [-0.1, -0.05) is 36.6 Å². The fraction of sp³-hybridized carbons (Fsp3) is 0.192. The van der Waals surface area contributed by atoms with Crippen LogP contribution in [0.3, 0.4) is 0 Å². The summed E-state index contributed by atoms with van der Waals surface area (Å²) in [4.78, 5) is 39.1. The van der Waals surface area contributed by atoms with Gasteiger partial charge in [-0.05, 0) is 49.2 Å². The molecule has 0 unspecified atom stereocenters. The average molecular weight is 500 g/mol. The van der Waals surface area contributed by atoms with Crippen molar-refractivity contribution in [1.82, 2.24) is 23.9 Å². The maximum atomic E-state index is 13.4. The van der Waals surface area contributed by atoms with Crippen molar-refractivity contribution in [1.29, 1.82) is 0 Å². The first-order valence-electron chi connectivity index (χ1n) is 11.8. The molecule has 9 nitrogen and oxygen atoms in total. The lowest BCUT2D eigenvalue weighted by Crippen LogP contribution is -2.22. The number of nitrogens with one attached hydrogen (secondary N) is 2. The van der Waals surface area contributed by atoms with E-state index in [-0.39, 0.29) is 17.4 Å². The molecule has 1 saturated carbocycles. The van der Waals surface area contributed by atoms with E-state index in [4.69, 9.17) is 11.6 Å². The molecule has 0 bridgehead atoms. The summed E-state index contributed by atoms with van der Waals surface area (Å²) in [6.07, 6.45) is 8.99. The smallest absolute Gasteiger partial charge is 0.270 e. The fourth-order valence-electron chi connectivity index (χ4n) is 4.65. The number of hydrogen-bond acceptors (Lipinski definition) is 6. The Bertz CT molecular complexity index is 1650. The van der Waals surface area contributed by atoms with Gasteiger partial charge in [0, 0.05) is 35.9 Å². The average Bonchev–Trinajstić information content (AvgIpc) is 3.59. The van der Waals surface area contributed by atoms with E-state index >= 15 is 0 Å². The van der Waals surface area contributed by atoms with Crippen molar-refractivity contribution in [2.45, 2.75) is 25.7 Å². The molecule has 0 aliphatic heterocycles. The topological polar surface area (TPSA) is 106 Å². The quantitative estimate of drug-likeness (QED) is 0.354. The zero-order valence-electron chi connectivity index (χ0n) is 19.2. The fourth-order valence-corrected chi connectivity index (χ4v) is 4.87. The van der Waals surface area contributed by atoms with Gasteiger partial charge in [-0.3, -0.25) is 14.0 Å². The Labute approximate surface area is 210 Å². The minimum Gasteiger partial charge on any atom is -0.326 e. The number of anilines is 3. The lowest BCUT2D eigenvalue weighted by Gasteiger charge is -2.13. The van der Waals surface area contributed by atoms with Gasteiger partial charge in [-0.15, -0.1) is 0 Å². The Morgan fingerprint density at radius 3 is 2.53 bits per heavy atom. The summed E-state index contributed by atoms with van der Waals surface area (Å²) >= 11 is 6.38. The van der Waals surface area contributed by atoms with E-state index < -0.39 is 0 Å². The number of fused-ring (bicyclic) bond motifs is 3. The molecule has 0 radical (unpaired) electrons. The van der Waals surface area contributed by atoms with Crippen molar-refractivity contribution < 1.29 is 4.79 Å². The van der Waals surface area contributed by atoms with Crippen LogP contribution in [0.15, 0.2) is 71.9 Å². The number of para-hydroxylation sites is 1. The molecule has 36 heavy (non-hydrogen) atoms. The van der Waals surface area contributed by atoms with Gasteiger partial charge in [0.2, 0.25) is 17.6 Å². The summed E-state index contributed by atoms with van der Waals surface area (Å²) in [6.45, 7) is 0. The van der Waals surface area contributed by atoms with Crippen LogP contribution in [0.25, 0.3) is 22.5 Å². The molecule has 2 N–H and O–H groups in total. The highest BCUT2D eigenvalue weighted by atomic mass is 35.5. The van der Waals surface area contributed by atoms with Crippen LogP contribution in [-0.2, 0) is 4.79 Å². The summed E-state index contributed by atoms with van der Waals surface area (Å²) < 4.78 is 3.19. The number of aromatic nitrogens is 5. The Kier molecular flexibility index (Phi) is 5.61. The number of nitrogens with zero attached hydrogens (tertiary/aromatic N) is 5. The molecular weight excluding hydrogens is 478 g/mol. The molecule has 180 valence electrons. The number of imidazole rings is 1. The van der Waals surface area contributed by atoms with Gasteiger partial charge in [0.05, 0.1) is 10.7 Å². The number of rotatable bonds is 5. The third-order valence-corrected chi connectivity index (χ3v) is 6.80. The largest absolute Gasteiger partial charge is 0.326 e. The van der Waals surface area contributed by atoms with Crippen LogP contribution < -0.4 is 16.2 Å². The van der Waals surface area contributed by atoms with Crippen LogP contribution in [0.2, 0.25) is 5.02 Å². The van der Waals surface area contributed by atoms with Crippen molar-refractivity contribution in [3.63, 3.8) is 0 Å². The van der Waals surface area contributed by atoms with Crippen molar-refractivity contribution in [3.05, 3.63) is 82.5 Å². The van der Waals surface area contributed by atoms with Crippen molar-refractivity contribution in [2.24, 2.45) is 5.92 Å². The van der Waals surface area contributed by atoms with Gasteiger partial charge in [-0.25, -0.2) is 14.5 Å². The van der Waals surface area contributed by atoms with Crippen LogP contribution in [0.1, 0.15) is 25.7 Å². The molecule has 1 fully saturated rings. The summed E-state index contributed by atoms with van der Waals surface area (Å²) in [6, 6.07) is 14.5. The highest BCUT2D eigenvalue weighted by molar-refractivity contribution is 6.32. The maximum absolute atomic E-state index is 13.4. The molecule has 6 rings (SSSR count). The molecule has 1 amide bonds. The Hall–Kier alpha value is -4.24. The Balaban J connectivity index is 1.31. The van der Waals surface area contributed by atoms with Crippen LogP contribution >= 0.6 is 11.6 Å². The summed E-state index contributed by atoms with van der Waals surface area (Å²) in [5, 5.41) is 6.92. The van der Waals surface area contributed by atoms with E-state index in [1.54, 1.807) is 35.0 Å². The third kappa shape index (κ3) is 3.97. The van der Waals surface area contributed by atoms with E-state index in [9.17, 15) is 9.59 Å². The molecule has 0 saturated heterocycles. The lowest BCUT2D eigenvalue weighted by molar-refractivity contribution is -0.119. The van der Waals surface area contributed by atoms with E-state index in [2.05, 4.69) is 25.6 Å². The van der Waals surface area contributed by atoms with E-state index in [0.29, 0.717) is 33.5 Å². The molecule has 1 aliphatic carbocycles. The second kappa shape index (κ2) is 9.09. The Morgan fingerprint density at radius 1 is 1.00 bits per heavy atom. The van der Waals surface area contributed by atoms with Gasteiger partial charge >= 0.3 is 0 Å². The van der Waals surface area contributed by atoms with Crippen LogP contribution in [0.4, 0.5) is 17.3 Å². The van der Waals surface area contributed by atoms with Gasteiger partial charge < -0.3 is 10.6 Å². The molecule has 3 heterocycles. The van der Waals surface area contributed by atoms with Gasteiger partial charge in [-0.2, -0.15) is 4.98 Å². The minimum atomic E-state index is -0.314. The highest BCUT2D eigenvalue weighted by Crippen LogP contribution is 2.27. The van der Waals surface area contributed by atoms with Crippen molar-refractivity contribution in [2.75, 3.05) is 10.6 Å². The maximum Gasteiger partial charge on any atom is 0.270 e. The van der Waals surface area contributed by atoms with Crippen LogP contribution in [-0.4, -0.2) is 29.8 Å². The predicted molar refractivity (Wildman–Crippen MR) is 139 cm³/mol. The van der Waals surface area contributed by atoms with E-state index in [1.807, 2.05) is 30.3 Å². The van der Waals surface area contributed by atoms with Crippen LogP contribution in [0.5, 0.6) is 0 Å². The van der Waals surface area contributed by atoms with Crippen LogP contribution in [0, 0.1) is 5.92 Å². The van der Waals surface area contributed by atoms with E-state index in [1.165, 1.54) is 10.8 Å². The van der Waals surface area contributed by atoms with Crippen molar-refractivity contribution >= 4 is 51.6 Å². The summed E-state index contributed by atoms with van der Waals surface area (Å²) in [5.74, 6) is 0.914. The van der Waals surface area contributed by atoms with Gasteiger partial charge in [0.1, 0.15) is 5.39 Å². The zero-order chi connectivity index (χ0) is 24.6. The molecule has 3 aromatic heterocycles. The molecule has 0 spiro atoms. The van der Waals surface area contributed by atoms with Gasteiger partial charge in [0.15, 0.2) is 5.65 Å². The normalized spacial score (nSPS) is 13.9. The number of carbonyl (C=O) groups excluding carboxylic acids is 1. The SMILES string of the molecule is O=C(Nc1ccc(Nc2ncc3c(=O)n(-c4ccccc4Cl)c4nccn4c3n2)cc1)C1CCCC1. The summed E-state index contributed by atoms with van der Waals surface area (Å²) in [5.41, 5.74) is 2.14. The molecule has 5 aromatic rings. The first-order chi connectivity index (χ1) is 17.6. The number of amides is 1. The highest BCUT2D eigenvalue weighted by Gasteiger charge is 2.22.